The number of pyridine rings is 2. The number of hydrogen-bond donors (Lipinski definition) is 0. The predicted molar refractivity (Wildman–Crippen MR) is 141 cm³/mol. The zero-order valence-corrected chi connectivity index (χ0v) is 21.6. The molecule has 5 rings (SSSR count). The number of esters is 1. The SMILES string of the molecule is CCOC(=O)c1cc2c(=O)n3ccccc3nc2n(C2CCCCC2)c1=NC(=O)c1cc(Cl)ccc1Cl. The van der Waals surface area contributed by atoms with Gasteiger partial charge in [0.15, 0.2) is 5.49 Å². The Kier molecular flexibility index (Phi) is 7.13. The molecule has 1 aliphatic rings. The minimum absolute atomic E-state index is 0.0150. The van der Waals surface area contributed by atoms with Crippen molar-refractivity contribution in [3.8, 4) is 0 Å². The molecule has 3 heterocycles. The van der Waals surface area contributed by atoms with Gasteiger partial charge in [0.2, 0.25) is 0 Å². The Balaban J connectivity index is 1.91. The van der Waals surface area contributed by atoms with E-state index >= 15 is 0 Å². The van der Waals surface area contributed by atoms with Gasteiger partial charge < -0.3 is 9.30 Å². The number of nitrogens with zero attached hydrogens (tertiary/aromatic N) is 4. The van der Waals surface area contributed by atoms with Crippen LogP contribution in [0.1, 0.15) is 65.8 Å². The highest BCUT2D eigenvalue weighted by molar-refractivity contribution is 6.35. The van der Waals surface area contributed by atoms with Crippen molar-refractivity contribution in [2.24, 2.45) is 4.99 Å². The maximum absolute atomic E-state index is 13.5. The van der Waals surface area contributed by atoms with Gasteiger partial charge in [-0.25, -0.2) is 9.78 Å². The number of rotatable bonds is 4. The third kappa shape index (κ3) is 4.79. The van der Waals surface area contributed by atoms with Gasteiger partial charge in [0.05, 0.1) is 22.6 Å². The van der Waals surface area contributed by atoms with Crippen LogP contribution in [-0.4, -0.2) is 32.4 Å². The maximum Gasteiger partial charge on any atom is 0.341 e. The summed E-state index contributed by atoms with van der Waals surface area (Å²) in [7, 11) is 0. The van der Waals surface area contributed by atoms with Crippen molar-refractivity contribution in [3.63, 3.8) is 0 Å². The van der Waals surface area contributed by atoms with Crippen LogP contribution in [-0.2, 0) is 4.74 Å². The molecule has 1 fully saturated rings. The van der Waals surface area contributed by atoms with Crippen LogP contribution in [0.4, 0.5) is 0 Å². The van der Waals surface area contributed by atoms with Crippen LogP contribution < -0.4 is 11.0 Å². The van der Waals surface area contributed by atoms with E-state index in [1.54, 1.807) is 42.0 Å². The monoisotopic (exact) mass is 538 g/mol. The highest BCUT2D eigenvalue weighted by Gasteiger charge is 2.25. The van der Waals surface area contributed by atoms with E-state index in [-0.39, 0.29) is 45.2 Å². The standard InChI is InChI=1S/C27H24Cl2N4O4/c1-2-37-27(36)20-15-19-23(30-22-10-6-7-13-32(22)26(19)35)33(17-8-4-3-5-9-17)24(20)31-25(34)18-14-16(28)11-12-21(18)29/h6-7,10-15,17H,2-5,8-9H2,1H3. The van der Waals surface area contributed by atoms with Gasteiger partial charge in [-0.15, -0.1) is 0 Å². The Labute approximate surface area is 222 Å². The highest BCUT2D eigenvalue weighted by Crippen LogP contribution is 2.29. The molecular weight excluding hydrogens is 515 g/mol. The number of halogens is 2. The number of ether oxygens (including phenoxy) is 1. The minimum Gasteiger partial charge on any atom is -0.462 e. The van der Waals surface area contributed by atoms with Crippen LogP contribution >= 0.6 is 23.2 Å². The van der Waals surface area contributed by atoms with E-state index in [0.29, 0.717) is 16.3 Å². The molecule has 0 unspecified atom stereocenters. The van der Waals surface area contributed by atoms with Gasteiger partial charge in [-0.05, 0) is 56.2 Å². The molecule has 1 amide bonds. The van der Waals surface area contributed by atoms with E-state index in [2.05, 4.69) is 4.99 Å². The molecule has 0 saturated heterocycles. The van der Waals surface area contributed by atoms with Crippen LogP contribution in [0.5, 0.6) is 0 Å². The van der Waals surface area contributed by atoms with Gasteiger partial charge in [0.1, 0.15) is 16.9 Å². The second-order valence-corrected chi connectivity index (χ2v) is 9.73. The smallest absolute Gasteiger partial charge is 0.341 e. The molecule has 37 heavy (non-hydrogen) atoms. The summed E-state index contributed by atoms with van der Waals surface area (Å²) >= 11 is 12.4. The Bertz CT molecular complexity index is 1670. The fraction of sp³-hybridized carbons (Fsp3) is 0.296. The van der Waals surface area contributed by atoms with E-state index < -0.39 is 11.9 Å². The number of carbonyl (C=O) groups is 2. The maximum atomic E-state index is 13.5. The molecular formula is C27H24Cl2N4O4. The molecule has 1 aliphatic carbocycles. The third-order valence-corrected chi connectivity index (χ3v) is 7.10. The van der Waals surface area contributed by atoms with Crippen LogP contribution in [0.15, 0.2) is 58.4 Å². The van der Waals surface area contributed by atoms with E-state index in [4.69, 9.17) is 32.9 Å². The second kappa shape index (κ2) is 10.5. The van der Waals surface area contributed by atoms with Gasteiger partial charge in [0, 0.05) is 17.3 Å². The van der Waals surface area contributed by atoms with Gasteiger partial charge in [0.25, 0.3) is 11.5 Å². The lowest BCUT2D eigenvalue weighted by Gasteiger charge is -2.27. The number of fused-ring (bicyclic) bond motifs is 2. The molecule has 1 aromatic carbocycles. The van der Waals surface area contributed by atoms with E-state index in [1.165, 1.54) is 22.6 Å². The Hall–Kier alpha value is -3.49. The molecule has 0 radical (unpaired) electrons. The quantitative estimate of drug-likeness (QED) is 0.257. The first-order chi connectivity index (χ1) is 17.9. The summed E-state index contributed by atoms with van der Waals surface area (Å²) in [4.78, 5) is 49.3. The molecule has 8 nitrogen and oxygen atoms in total. The zero-order valence-electron chi connectivity index (χ0n) is 20.1. The normalized spacial score (nSPS) is 14.8. The molecule has 1 saturated carbocycles. The number of aromatic nitrogens is 3. The van der Waals surface area contributed by atoms with Crippen LogP contribution in [0.2, 0.25) is 10.0 Å². The average Bonchev–Trinajstić information content (AvgIpc) is 2.90. The molecule has 4 aromatic rings. The van der Waals surface area contributed by atoms with Crippen molar-refractivity contribution in [1.82, 2.24) is 14.0 Å². The lowest BCUT2D eigenvalue weighted by Crippen LogP contribution is -2.35. The second-order valence-electron chi connectivity index (χ2n) is 8.89. The van der Waals surface area contributed by atoms with Crippen LogP contribution in [0.3, 0.4) is 0 Å². The Morgan fingerprint density at radius 3 is 2.62 bits per heavy atom. The fourth-order valence-electron chi connectivity index (χ4n) is 4.82. The number of hydrogen-bond acceptors (Lipinski definition) is 5. The van der Waals surface area contributed by atoms with Crippen LogP contribution in [0, 0.1) is 0 Å². The lowest BCUT2D eigenvalue weighted by molar-refractivity contribution is 0.0523. The van der Waals surface area contributed by atoms with Crippen molar-refractivity contribution < 1.29 is 14.3 Å². The fourth-order valence-corrected chi connectivity index (χ4v) is 5.19. The molecule has 3 aromatic heterocycles. The zero-order chi connectivity index (χ0) is 26.1. The molecule has 190 valence electrons. The number of amides is 1. The molecule has 0 aliphatic heterocycles. The van der Waals surface area contributed by atoms with E-state index in [9.17, 15) is 14.4 Å². The summed E-state index contributed by atoms with van der Waals surface area (Å²) in [6.07, 6.45) is 6.20. The predicted octanol–water partition coefficient (Wildman–Crippen LogP) is 5.38. The number of carbonyl (C=O) groups excluding carboxylic acids is 2. The summed E-state index contributed by atoms with van der Waals surface area (Å²) in [6.45, 7) is 1.80. The van der Waals surface area contributed by atoms with Crippen molar-refractivity contribution >= 4 is 51.8 Å². The summed E-state index contributed by atoms with van der Waals surface area (Å²) < 4.78 is 8.51. The lowest BCUT2D eigenvalue weighted by atomic mass is 9.94. The van der Waals surface area contributed by atoms with Crippen molar-refractivity contribution in [2.75, 3.05) is 6.61 Å². The third-order valence-electron chi connectivity index (χ3n) is 6.54. The van der Waals surface area contributed by atoms with Crippen LogP contribution in [0.25, 0.3) is 16.7 Å². The number of benzene rings is 1. The molecule has 0 N–H and O–H groups in total. The van der Waals surface area contributed by atoms with E-state index in [1.807, 2.05) is 0 Å². The summed E-state index contributed by atoms with van der Waals surface area (Å²) in [5.41, 5.74) is 0.688. The van der Waals surface area contributed by atoms with Gasteiger partial charge in [-0.1, -0.05) is 48.5 Å². The summed E-state index contributed by atoms with van der Waals surface area (Å²) in [5, 5.41) is 0.751. The van der Waals surface area contributed by atoms with Crippen molar-refractivity contribution in [3.05, 3.63) is 85.7 Å². The molecule has 0 atom stereocenters. The largest absolute Gasteiger partial charge is 0.462 e. The van der Waals surface area contributed by atoms with Gasteiger partial charge >= 0.3 is 5.97 Å². The molecule has 0 bridgehead atoms. The van der Waals surface area contributed by atoms with Crippen molar-refractivity contribution in [1.29, 1.82) is 0 Å². The Morgan fingerprint density at radius 2 is 1.86 bits per heavy atom. The van der Waals surface area contributed by atoms with Gasteiger partial charge in [-0.2, -0.15) is 4.99 Å². The molecule has 0 spiro atoms. The topological polar surface area (TPSA) is 95.0 Å². The van der Waals surface area contributed by atoms with E-state index in [0.717, 1.165) is 32.1 Å². The summed E-state index contributed by atoms with van der Waals surface area (Å²) in [6, 6.07) is 11.1. The first kappa shape index (κ1) is 25.2. The average molecular weight is 539 g/mol. The first-order valence-electron chi connectivity index (χ1n) is 12.2. The molecule has 10 heteroatoms. The first-order valence-corrected chi connectivity index (χ1v) is 12.9. The highest BCUT2D eigenvalue weighted by atomic mass is 35.5. The minimum atomic E-state index is -0.685. The summed E-state index contributed by atoms with van der Waals surface area (Å²) in [5.74, 6) is -1.35. The van der Waals surface area contributed by atoms with Crippen molar-refractivity contribution in [2.45, 2.75) is 45.1 Å². The van der Waals surface area contributed by atoms with Gasteiger partial charge in [-0.3, -0.25) is 14.0 Å². The Morgan fingerprint density at radius 1 is 1.08 bits per heavy atom.